The maximum Gasteiger partial charge on any atom is 0.309 e. The van der Waals surface area contributed by atoms with Gasteiger partial charge in [-0.1, -0.05) is 32.3 Å². The predicted molar refractivity (Wildman–Crippen MR) is 110 cm³/mol. The van der Waals surface area contributed by atoms with E-state index in [1.54, 1.807) is 12.1 Å². The van der Waals surface area contributed by atoms with E-state index in [-0.39, 0.29) is 29.4 Å². The van der Waals surface area contributed by atoms with Gasteiger partial charge in [-0.3, -0.25) is 4.79 Å². The van der Waals surface area contributed by atoms with E-state index in [0.29, 0.717) is 12.3 Å². The van der Waals surface area contributed by atoms with Gasteiger partial charge in [0, 0.05) is 18.5 Å². The van der Waals surface area contributed by atoms with Gasteiger partial charge >= 0.3 is 10.1 Å². The normalized spacial score (nSPS) is 16.4. The molecule has 1 amide bonds. The van der Waals surface area contributed by atoms with E-state index in [1.165, 1.54) is 20.5 Å². The first-order valence-electron chi connectivity index (χ1n) is 10.2. The molecule has 1 unspecified atom stereocenters. The van der Waals surface area contributed by atoms with Crippen LogP contribution in [0, 0.1) is 5.92 Å². The van der Waals surface area contributed by atoms with E-state index in [1.807, 2.05) is 11.0 Å². The zero-order valence-electron chi connectivity index (χ0n) is 17.4. The topological polar surface area (TPSA) is 72.9 Å². The van der Waals surface area contributed by atoms with Crippen LogP contribution >= 0.6 is 0 Å². The molecular weight excluding hydrogens is 378 g/mol. The predicted octanol–water partition coefficient (Wildman–Crippen LogP) is 4.13. The summed E-state index contributed by atoms with van der Waals surface area (Å²) in [6, 6.07) is 5.32. The third kappa shape index (κ3) is 5.87. The first kappa shape index (κ1) is 22.5. The summed E-state index contributed by atoms with van der Waals surface area (Å²) in [6.45, 7) is 6.08. The van der Waals surface area contributed by atoms with Crippen molar-refractivity contribution in [1.29, 1.82) is 0 Å². The molecule has 0 saturated heterocycles. The summed E-state index contributed by atoms with van der Waals surface area (Å²) in [4.78, 5) is 15.1. The van der Waals surface area contributed by atoms with Crippen LogP contribution in [0.4, 0.5) is 0 Å². The van der Waals surface area contributed by atoms with Crippen LogP contribution in [0.5, 0.6) is 11.5 Å². The Labute approximate surface area is 169 Å². The molecule has 0 aromatic heterocycles. The van der Waals surface area contributed by atoms with Gasteiger partial charge in [0.25, 0.3) is 0 Å². The number of ether oxygens (including phenoxy) is 1. The molecule has 1 atom stereocenters. The average Bonchev–Trinajstić information content (AvgIpc) is 2.71. The Bertz CT molecular complexity index is 756. The monoisotopic (exact) mass is 411 g/mol. The molecule has 158 valence electrons. The second kappa shape index (κ2) is 10.1. The highest BCUT2D eigenvalue weighted by Crippen LogP contribution is 2.31. The van der Waals surface area contributed by atoms with Crippen molar-refractivity contribution in [3.05, 3.63) is 23.8 Å². The lowest BCUT2D eigenvalue weighted by molar-refractivity contribution is -0.139. The van der Waals surface area contributed by atoms with Crippen LogP contribution < -0.4 is 8.92 Å². The third-order valence-electron chi connectivity index (χ3n) is 5.51. The van der Waals surface area contributed by atoms with Crippen LogP contribution in [0.1, 0.15) is 64.9 Å². The fraction of sp³-hybridized carbons (Fsp3) is 0.667. The summed E-state index contributed by atoms with van der Waals surface area (Å²) >= 11 is 0. The van der Waals surface area contributed by atoms with Gasteiger partial charge in [0.05, 0.1) is 12.9 Å². The molecule has 2 rings (SSSR count). The maximum absolute atomic E-state index is 13.2. The summed E-state index contributed by atoms with van der Waals surface area (Å²) in [6.07, 6.45) is 6.20. The standard InChI is InChI=1S/C21H33NO5S/c1-5-16(3)22(21(23)18-10-8-7-9-11-18)15-17-12-13-19(26-4)20(14-17)27-28(24,25)6-2/h12-14,16,18H,5-11,15H2,1-4H3. The fourth-order valence-corrected chi connectivity index (χ4v) is 4.05. The molecule has 0 N–H and O–H groups in total. The lowest BCUT2D eigenvalue weighted by atomic mass is 9.87. The number of amides is 1. The molecule has 0 heterocycles. The molecule has 1 aromatic carbocycles. The zero-order valence-corrected chi connectivity index (χ0v) is 18.3. The van der Waals surface area contributed by atoms with Gasteiger partial charge in [-0.25, -0.2) is 0 Å². The van der Waals surface area contributed by atoms with Gasteiger partial charge in [0.2, 0.25) is 5.91 Å². The summed E-state index contributed by atoms with van der Waals surface area (Å²) in [5, 5.41) is 0. The Hall–Kier alpha value is -1.76. The van der Waals surface area contributed by atoms with Crippen molar-refractivity contribution in [3.8, 4) is 11.5 Å². The smallest absolute Gasteiger partial charge is 0.309 e. The molecule has 1 aliphatic carbocycles. The van der Waals surface area contributed by atoms with Crippen LogP contribution in [-0.2, 0) is 21.5 Å². The summed E-state index contributed by atoms with van der Waals surface area (Å²) in [7, 11) is -2.19. The fourth-order valence-electron chi connectivity index (χ4n) is 3.53. The zero-order chi connectivity index (χ0) is 20.7. The summed E-state index contributed by atoms with van der Waals surface area (Å²) in [5.74, 6) is 0.691. The van der Waals surface area contributed by atoms with Gasteiger partial charge in [0.1, 0.15) is 0 Å². The van der Waals surface area contributed by atoms with Crippen molar-refractivity contribution in [2.75, 3.05) is 12.9 Å². The second-order valence-corrected chi connectivity index (χ2v) is 9.33. The van der Waals surface area contributed by atoms with Crippen LogP contribution in [0.25, 0.3) is 0 Å². The first-order valence-corrected chi connectivity index (χ1v) is 11.8. The molecule has 1 aliphatic rings. The van der Waals surface area contributed by atoms with Gasteiger partial charge in [-0.15, -0.1) is 0 Å². The quantitative estimate of drug-likeness (QED) is 0.571. The average molecular weight is 412 g/mol. The van der Waals surface area contributed by atoms with E-state index in [0.717, 1.165) is 37.7 Å². The highest BCUT2D eigenvalue weighted by atomic mass is 32.2. The Morgan fingerprint density at radius 2 is 1.86 bits per heavy atom. The van der Waals surface area contributed by atoms with Crippen LogP contribution in [-0.4, -0.2) is 38.1 Å². The first-order chi connectivity index (χ1) is 13.3. The molecule has 7 heteroatoms. The Balaban J connectivity index is 2.26. The molecule has 1 saturated carbocycles. The number of benzene rings is 1. The Morgan fingerprint density at radius 1 is 1.18 bits per heavy atom. The number of hydrogen-bond acceptors (Lipinski definition) is 5. The van der Waals surface area contributed by atoms with Crippen molar-refractivity contribution in [2.24, 2.45) is 5.92 Å². The highest BCUT2D eigenvalue weighted by Gasteiger charge is 2.28. The number of rotatable bonds is 9. The maximum atomic E-state index is 13.2. The van der Waals surface area contributed by atoms with Crippen molar-refractivity contribution >= 4 is 16.0 Å². The van der Waals surface area contributed by atoms with Gasteiger partial charge in [-0.2, -0.15) is 8.42 Å². The van der Waals surface area contributed by atoms with E-state index < -0.39 is 10.1 Å². The molecule has 0 aliphatic heterocycles. The number of hydrogen-bond donors (Lipinski definition) is 0. The van der Waals surface area contributed by atoms with E-state index >= 15 is 0 Å². The molecule has 1 fully saturated rings. The Morgan fingerprint density at radius 3 is 2.43 bits per heavy atom. The SMILES string of the molecule is CCC(C)N(Cc1ccc(OC)c(OS(=O)(=O)CC)c1)C(=O)C1CCCCC1. The van der Waals surface area contributed by atoms with Crippen molar-refractivity contribution < 1.29 is 22.1 Å². The van der Waals surface area contributed by atoms with E-state index in [2.05, 4.69) is 13.8 Å². The minimum absolute atomic E-state index is 0.0946. The second-order valence-electron chi connectivity index (χ2n) is 7.47. The molecule has 1 aromatic rings. The van der Waals surface area contributed by atoms with Crippen molar-refractivity contribution in [1.82, 2.24) is 4.90 Å². The van der Waals surface area contributed by atoms with Gasteiger partial charge in [0.15, 0.2) is 11.5 Å². The molecule has 28 heavy (non-hydrogen) atoms. The number of nitrogens with zero attached hydrogens (tertiary/aromatic N) is 1. The lowest BCUT2D eigenvalue weighted by Gasteiger charge is -2.33. The molecule has 0 spiro atoms. The molecule has 6 nitrogen and oxygen atoms in total. The Kier molecular flexibility index (Phi) is 8.16. The van der Waals surface area contributed by atoms with E-state index in [4.69, 9.17) is 8.92 Å². The molecular formula is C21H33NO5S. The highest BCUT2D eigenvalue weighted by molar-refractivity contribution is 7.87. The number of carbonyl (C=O) groups is 1. The summed E-state index contributed by atoms with van der Waals surface area (Å²) in [5.41, 5.74) is 0.826. The summed E-state index contributed by atoms with van der Waals surface area (Å²) < 4.78 is 34.2. The van der Waals surface area contributed by atoms with E-state index in [9.17, 15) is 13.2 Å². The van der Waals surface area contributed by atoms with Crippen molar-refractivity contribution in [3.63, 3.8) is 0 Å². The van der Waals surface area contributed by atoms with Crippen LogP contribution in [0.3, 0.4) is 0 Å². The van der Waals surface area contributed by atoms with Gasteiger partial charge < -0.3 is 13.8 Å². The lowest BCUT2D eigenvalue weighted by Crippen LogP contribution is -2.42. The minimum atomic E-state index is -3.67. The third-order valence-corrected chi connectivity index (χ3v) is 6.65. The minimum Gasteiger partial charge on any atom is -0.493 e. The molecule has 0 radical (unpaired) electrons. The number of carbonyl (C=O) groups excluding carboxylic acids is 1. The van der Waals surface area contributed by atoms with Crippen LogP contribution in [0.15, 0.2) is 18.2 Å². The molecule has 0 bridgehead atoms. The van der Waals surface area contributed by atoms with Crippen LogP contribution in [0.2, 0.25) is 0 Å². The largest absolute Gasteiger partial charge is 0.493 e. The van der Waals surface area contributed by atoms with Crippen molar-refractivity contribution in [2.45, 2.75) is 71.9 Å². The number of methoxy groups -OCH3 is 1. The van der Waals surface area contributed by atoms with Gasteiger partial charge in [-0.05, 0) is 50.8 Å².